The zero-order valence-electron chi connectivity index (χ0n) is 14.3. The van der Waals surface area contributed by atoms with Crippen LogP contribution in [0.2, 0.25) is 0 Å². The van der Waals surface area contributed by atoms with Gasteiger partial charge in [0.25, 0.3) is 10.0 Å². The molecule has 9 nitrogen and oxygen atoms in total. The van der Waals surface area contributed by atoms with Gasteiger partial charge in [-0.05, 0) is 24.3 Å². The summed E-state index contributed by atoms with van der Waals surface area (Å²) >= 11 is 0. The summed E-state index contributed by atoms with van der Waals surface area (Å²) in [4.78, 5) is 12.2. The summed E-state index contributed by atoms with van der Waals surface area (Å²) in [5.74, 6) is -0.655. The Labute approximate surface area is 151 Å². The van der Waals surface area contributed by atoms with E-state index in [0.717, 1.165) is 10.6 Å². The van der Waals surface area contributed by atoms with Crippen LogP contribution < -0.4 is 4.72 Å². The lowest BCUT2D eigenvalue weighted by Crippen LogP contribution is -2.21. The number of carbonyl (C=O) groups is 1. The molecule has 0 aliphatic rings. The van der Waals surface area contributed by atoms with Crippen LogP contribution in [0.5, 0.6) is 0 Å². The quantitative estimate of drug-likeness (QED) is 0.692. The van der Waals surface area contributed by atoms with E-state index in [1.165, 1.54) is 38.4 Å². The number of rotatable bonds is 7. The molecule has 0 amide bonds. The van der Waals surface area contributed by atoms with Gasteiger partial charge in [-0.3, -0.25) is 4.72 Å². The number of ether oxygens (including phenoxy) is 1. The molecule has 1 heterocycles. The Kier molecular flexibility index (Phi) is 5.74. The van der Waals surface area contributed by atoms with E-state index in [2.05, 4.69) is 4.72 Å². The number of sulfonamides is 2. The molecular weight excluding hydrogens is 384 g/mol. The number of hydrogen-bond acceptors (Lipinski definition) is 7. The third-order valence-electron chi connectivity index (χ3n) is 3.16. The highest BCUT2D eigenvalue weighted by Crippen LogP contribution is 2.20. The molecule has 2 aromatic rings. The highest BCUT2D eigenvalue weighted by molar-refractivity contribution is 7.92. The number of benzene rings is 1. The van der Waals surface area contributed by atoms with E-state index in [4.69, 9.17) is 9.15 Å². The summed E-state index contributed by atoms with van der Waals surface area (Å²) in [6.45, 7) is -0.311. The molecule has 0 fully saturated rings. The Morgan fingerprint density at radius 2 is 1.77 bits per heavy atom. The van der Waals surface area contributed by atoms with Crippen molar-refractivity contribution >= 4 is 31.7 Å². The Hall–Kier alpha value is -2.37. The molecule has 0 saturated carbocycles. The van der Waals surface area contributed by atoms with Gasteiger partial charge < -0.3 is 9.15 Å². The van der Waals surface area contributed by atoms with Gasteiger partial charge in [0, 0.05) is 14.1 Å². The summed E-state index contributed by atoms with van der Waals surface area (Å²) in [7, 11) is -4.56. The van der Waals surface area contributed by atoms with Crippen molar-refractivity contribution in [2.75, 3.05) is 25.1 Å². The van der Waals surface area contributed by atoms with E-state index in [-0.39, 0.29) is 28.7 Å². The fourth-order valence-electron chi connectivity index (χ4n) is 1.92. The van der Waals surface area contributed by atoms with Crippen LogP contribution in [-0.4, -0.2) is 47.5 Å². The van der Waals surface area contributed by atoms with E-state index in [0.29, 0.717) is 0 Å². The van der Waals surface area contributed by atoms with Gasteiger partial charge in [0.2, 0.25) is 15.1 Å². The van der Waals surface area contributed by atoms with Gasteiger partial charge in [-0.25, -0.2) is 25.9 Å². The first-order valence-corrected chi connectivity index (χ1v) is 10.6. The van der Waals surface area contributed by atoms with E-state index in [9.17, 15) is 21.6 Å². The summed E-state index contributed by atoms with van der Waals surface area (Å²) < 4.78 is 60.1. The molecule has 2 rings (SSSR count). The van der Waals surface area contributed by atoms with Gasteiger partial charge in [0.1, 0.15) is 12.4 Å². The number of carbonyl (C=O) groups excluding carboxylic acids is 1. The zero-order valence-corrected chi connectivity index (χ0v) is 15.9. The Bertz CT molecular complexity index is 1010. The fraction of sp³-hybridized carbons (Fsp3) is 0.267. The van der Waals surface area contributed by atoms with Crippen LogP contribution in [0.15, 0.2) is 45.9 Å². The number of furan rings is 1. The molecule has 0 spiro atoms. The Morgan fingerprint density at radius 3 is 2.38 bits per heavy atom. The molecule has 0 bridgehead atoms. The normalized spacial score (nSPS) is 12.2. The average Bonchev–Trinajstić information content (AvgIpc) is 3.01. The molecule has 0 radical (unpaired) electrons. The van der Waals surface area contributed by atoms with Crippen LogP contribution in [0.4, 0.5) is 5.69 Å². The Morgan fingerprint density at radius 1 is 1.12 bits per heavy atom. The van der Waals surface area contributed by atoms with E-state index in [1.807, 2.05) is 0 Å². The summed E-state index contributed by atoms with van der Waals surface area (Å²) in [6, 6.07) is 8.59. The van der Waals surface area contributed by atoms with Crippen LogP contribution >= 0.6 is 0 Å². The molecule has 11 heteroatoms. The van der Waals surface area contributed by atoms with Crippen molar-refractivity contribution in [2.24, 2.45) is 0 Å². The van der Waals surface area contributed by atoms with Gasteiger partial charge in [0.15, 0.2) is 0 Å². The first kappa shape index (κ1) is 19.9. The van der Waals surface area contributed by atoms with Crippen molar-refractivity contribution < 1.29 is 30.8 Å². The lowest BCUT2D eigenvalue weighted by molar-refractivity contribution is 0.0442. The maximum atomic E-state index is 12.2. The van der Waals surface area contributed by atoms with Crippen molar-refractivity contribution in [3.8, 4) is 0 Å². The second kappa shape index (κ2) is 7.48. The van der Waals surface area contributed by atoms with Crippen LogP contribution in [0.25, 0.3) is 0 Å². The minimum absolute atomic E-state index is 0.0191. The molecule has 142 valence electrons. The maximum absolute atomic E-state index is 12.2. The lowest BCUT2D eigenvalue weighted by Gasteiger charge is -2.10. The smallest absolute Gasteiger partial charge is 0.340 e. The lowest BCUT2D eigenvalue weighted by atomic mass is 10.2. The minimum Gasteiger partial charge on any atom is -0.454 e. The molecule has 0 atom stereocenters. The standard InChI is InChI=1S/C15H18N2O7S2/c1-17(2)26(21,22)14-9-8-11(24-14)10-23-15(18)12-6-4-5-7-13(12)16-25(3,19)20/h4-9,16H,10H2,1-3H3. The third-order valence-corrected chi connectivity index (χ3v) is 5.44. The van der Waals surface area contributed by atoms with Gasteiger partial charge in [-0.15, -0.1) is 0 Å². The van der Waals surface area contributed by atoms with E-state index < -0.39 is 26.0 Å². The minimum atomic E-state index is -3.72. The van der Waals surface area contributed by atoms with Gasteiger partial charge in [-0.2, -0.15) is 0 Å². The average molecular weight is 402 g/mol. The van der Waals surface area contributed by atoms with Gasteiger partial charge in [0.05, 0.1) is 17.5 Å². The largest absolute Gasteiger partial charge is 0.454 e. The molecule has 1 aromatic carbocycles. The predicted octanol–water partition coefficient (Wildman–Crippen LogP) is 1.26. The second-order valence-electron chi connectivity index (χ2n) is 5.50. The number of hydrogen-bond donors (Lipinski definition) is 1. The van der Waals surface area contributed by atoms with Gasteiger partial charge >= 0.3 is 5.97 Å². The number of anilines is 1. The third kappa shape index (κ3) is 4.84. The van der Waals surface area contributed by atoms with Crippen LogP contribution in [0, 0.1) is 0 Å². The van der Waals surface area contributed by atoms with E-state index in [1.54, 1.807) is 12.1 Å². The van der Waals surface area contributed by atoms with Crippen LogP contribution in [0.3, 0.4) is 0 Å². The first-order valence-electron chi connectivity index (χ1n) is 7.26. The Balaban J connectivity index is 2.12. The number of esters is 1. The number of nitrogens with one attached hydrogen (secondary N) is 1. The molecule has 0 aliphatic carbocycles. The maximum Gasteiger partial charge on any atom is 0.340 e. The number of nitrogens with zero attached hydrogens (tertiary/aromatic N) is 1. The summed E-state index contributed by atoms with van der Waals surface area (Å²) in [5, 5.41) is -0.271. The van der Waals surface area contributed by atoms with Crippen LogP contribution in [0.1, 0.15) is 16.1 Å². The van der Waals surface area contributed by atoms with Crippen molar-refractivity contribution in [1.29, 1.82) is 0 Å². The van der Waals surface area contributed by atoms with Crippen LogP contribution in [-0.2, 0) is 31.4 Å². The molecular formula is C15H18N2O7S2. The molecule has 0 aliphatic heterocycles. The molecule has 0 saturated heterocycles. The highest BCUT2D eigenvalue weighted by atomic mass is 32.2. The van der Waals surface area contributed by atoms with E-state index >= 15 is 0 Å². The SMILES string of the molecule is CN(C)S(=O)(=O)c1ccc(COC(=O)c2ccccc2NS(C)(=O)=O)o1. The van der Waals surface area contributed by atoms with Crippen molar-refractivity contribution in [1.82, 2.24) is 4.31 Å². The highest BCUT2D eigenvalue weighted by Gasteiger charge is 2.22. The fourth-order valence-corrected chi connectivity index (χ4v) is 3.31. The van der Waals surface area contributed by atoms with Crippen molar-refractivity contribution in [2.45, 2.75) is 11.7 Å². The van der Waals surface area contributed by atoms with Crippen molar-refractivity contribution in [3.05, 3.63) is 47.7 Å². The monoisotopic (exact) mass is 402 g/mol. The summed E-state index contributed by atoms with van der Waals surface area (Å²) in [6.07, 6.45) is 0.963. The molecule has 1 aromatic heterocycles. The molecule has 1 N–H and O–H groups in total. The molecule has 0 unspecified atom stereocenters. The molecule has 26 heavy (non-hydrogen) atoms. The number of para-hydroxylation sites is 1. The second-order valence-corrected chi connectivity index (χ2v) is 9.34. The predicted molar refractivity (Wildman–Crippen MR) is 93.6 cm³/mol. The zero-order chi connectivity index (χ0) is 19.5. The first-order chi connectivity index (χ1) is 12.0. The summed E-state index contributed by atoms with van der Waals surface area (Å²) in [5.41, 5.74) is 0.0981. The topological polar surface area (TPSA) is 123 Å². The van der Waals surface area contributed by atoms with Crippen molar-refractivity contribution in [3.63, 3.8) is 0 Å². The van der Waals surface area contributed by atoms with Gasteiger partial charge in [-0.1, -0.05) is 12.1 Å².